The summed E-state index contributed by atoms with van der Waals surface area (Å²) in [4.78, 5) is 15.6. The van der Waals surface area contributed by atoms with Gasteiger partial charge in [0.15, 0.2) is 4.34 Å². The zero-order valence-electron chi connectivity index (χ0n) is 9.16. The van der Waals surface area contributed by atoms with Crippen LogP contribution >= 0.6 is 23.3 Å². The summed E-state index contributed by atoms with van der Waals surface area (Å²) in [5.74, 6) is 0.176. The number of nitrogens with one attached hydrogen (secondary N) is 1. The van der Waals surface area contributed by atoms with Gasteiger partial charge >= 0.3 is 0 Å². The van der Waals surface area contributed by atoms with Crippen molar-refractivity contribution in [1.82, 2.24) is 9.36 Å². The van der Waals surface area contributed by atoms with Gasteiger partial charge in [0, 0.05) is 5.69 Å². The van der Waals surface area contributed by atoms with Crippen molar-refractivity contribution in [2.24, 2.45) is 0 Å². The molecule has 1 N–H and O–H groups in total. The molecule has 0 saturated heterocycles. The zero-order chi connectivity index (χ0) is 12.8. The van der Waals surface area contributed by atoms with Gasteiger partial charge in [-0.15, -0.1) is 0 Å². The second kappa shape index (κ2) is 6.14. The van der Waals surface area contributed by atoms with Crippen LogP contribution in [-0.4, -0.2) is 21.0 Å². The molecule has 5 nitrogen and oxygen atoms in total. The second-order valence-electron chi connectivity index (χ2n) is 3.23. The summed E-state index contributed by atoms with van der Waals surface area (Å²) in [5, 5.41) is 11.4. The lowest BCUT2D eigenvalue weighted by atomic mass is 10.2. The molecule has 0 aliphatic heterocycles. The molecular weight excluding hydrogens is 268 g/mol. The molecule has 90 valence electrons. The van der Waals surface area contributed by atoms with E-state index in [-0.39, 0.29) is 11.7 Å². The fourth-order valence-electron chi connectivity index (χ4n) is 1.18. The van der Waals surface area contributed by atoms with E-state index in [1.54, 1.807) is 24.3 Å². The van der Waals surface area contributed by atoms with Crippen LogP contribution in [0.3, 0.4) is 0 Å². The number of carbonyl (C=O) groups is 1. The minimum absolute atomic E-state index is 0.111. The van der Waals surface area contributed by atoms with Crippen LogP contribution in [0.15, 0.2) is 34.9 Å². The summed E-state index contributed by atoms with van der Waals surface area (Å²) in [6.07, 6.45) is 1.46. The first-order chi connectivity index (χ1) is 8.78. The van der Waals surface area contributed by atoms with E-state index in [4.69, 9.17) is 5.26 Å². The summed E-state index contributed by atoms with van der Waals surface area (Å²) in [7, 11) is 0. The molecule has 0 aliphatic rings. The molecule has 1 aromatic heterocycles. The average molecular weight is 276 g/mol. The maximum Gasteiger partial charge on any atom is 0.234 e. The van der Waals surface area contributed by atoms with Crippen LogP contribution < -0.4 is 5.32 Å². The molecule has 0 radical (unpaired) electrons. The first-order valence-electron chi connectivity index (χ1n) is 4.97. The van der Waals surface area contributed by atoms with Crippen LogP contribution in [0.5, 0.6) is 0 Å². The van der Waals surface area contributed by atoms with Crippen molar-refractivity contribution in [2.45, 2.75) is 4.34 Å². The fourth-order valence-corrected chi connectivity index (χ4v) is 2.42. The molecule has 18 heavy (non-hydrogen) atoms. The molecule has 1 amide bonds. The largest absolute Gasteiger partial charge is 0.325 e. The number of carbonyl (C=O) groups excluding carboxylic acids is 1. The number of amides is 1. The van der Waals surface area contributed by atoms with Crippen LogP contribution in [0.4, 0.5) is 5.69 Å². The number of benzene rings is 1. The van der Waals surface area contributed by atoms with Gasteiger partial charge in [-0.05, 0) is 35.8 Å². The predicted molar refractivity (Wildman–Crippen MR) is 70.4 cm³/mol. The van der Waals surface area contributed by atoms with Crippen molar-refractivity contribution in [3.63, 3.8) is 0 Å². The number of rotatable bonds is 4. The Labute approximate surface area is 112 Å². The van der Waals surface area contributed by atoms with Crippen molar-refractivity contribution in [3.8, 4) is 6.07 Å². The molecule has 2 rings (SSSR count). The van der Waals surface area contributed by atoms with Crippen LogP contribution in [0.2, 0.25) is 0 Å². The van der Waals surface area contributed by atoms with Gasteiger partial charge in [-0.25, -0.2) is 4.98 Å². The first-order valence-corrected chi connectivity index (χ1v) is 6.73. The number of hydrogen-bond acceptors (Lipinski definition) is 6. The number of aromatic nitrogens is 2. The smallest absolute Gasteiger partial charge is 0.234 e. The molecule has 7 heteroatoms. The summed E-state index contributed by atoms with van der Waals surface area (Å²) in [6, 6.07) is 8.74. The minimum Gasteiger partial charge on any atom is -0.325 e. The Morgan fingerprint density at radius 1 is 1.44 bits per heavy atom. The Balaban J connectivity index is 1.85. The van der Waals surface area contributed by atoms with E-state index >= 15 is 0 Å². The molecule has 0 fully saturated rings. The van der Waals surface area contributed by atoms with Crippen molar-refractivity contribution in [1.29, 1.82) is 5.26 Å². The quantitative estimate of drug-likeness (QED) is 0.865. The van der Waals surface area contributed by atoms with Gasteiger partial charge in [0.05, 0.1) is 17.4 Å². The lowest BCUT2D eigenvalue weighted by Crippen LogP contribution is -2.13. The minimum atomic E-state index is -0.111. The van der Waals surface area contributed by atoms with Crippen molar-refractivity contribution >= 4 is 34.9 Å². The van der Waals surface area contributed by atoms with Gasteiger partial charge in [0.2, 0.25) is 5.91 Å². The standard InChI is InChI=1S/C11H8N4OS2/c12-5-8-1-3-9(4-2-8)15-10(16)6-17-11-13-7-14-18-11/h1-4,7H,6H2,(H,15,16). The van der Waals surface area contributed by atoms with Gasteiger partial charge in [-0.1, -0.05) is 11.8 Å². The van der Waals surface area contributed by atoms with E-state index in [9.17, 15) is 4.79 Å². The number of hydrogen-bond donors (Lipinski definition) is 1. The number of anilines is 1. The highest BCUT2D eigenvalue weighted by atomic mass is 32.2. The maximum absolute atomic E-state index is 11.6. The van der Waals surface area contributed by atoms with E-state index in [0.29, 0.717) is 11.3 Å². The molecule has 0 unspecified atom stereocenters. The Hall–Kier alpha value is -1.91. The molecule has 0 spiro atoms. The SMILES string of the molecule is N#Cc1ccc(NC(=O)CSc2ncns2)cc1. The maximum atomic E-state index is 11.6. The predicted octanol–water partition coefficient (Wildman–Crippen LogP) is 2.14. The molecule has 1 aromatic carbocycles. The lowest BCUT2D eigenvalue weighted by molar-refractivity contribution is -0.113. The molecule has 1 heterocycles. The Bertz CT molecular complexity index is 560. The van der Waals surface area contributed by atoms with Gasteiger partial charge in [0.1, 0.15) is 6.33 Å². The lowest BCUT2D eigenvalue weighted by Gasteiger charge is -2.03. The summed E-state index contributed by atoms with van der Waals surface area (Å²) < 4.78 is 4.62. The van der Waals surface area contributed by atoms with E-state index in [0.717, 1.165) is 4.34 Å². The molecule has 0 saturated carbocycles. The van der Waals surface area contributed by atoms with Crippen molar-refractivity contribution < 1.29 is 4.79 Å². The number of nitrogens with zero attached hydrogens (tertiary/aromatic N) is 3. The third-order valence-corrected chi connectivity index (χ3v) is 3.76. The summed E-state index contributed by atoms with van der Waals surface area (Å²) in [5.41, 5.74) is 1.24. The highest BCUT2D eigenvalue weighted by Crippen LogP contribution is 2.18. The van der Waals surface area contributed by atoms with Crippen LogP contribution in [0, 0.1) is 11.3 Å². The molecule has 2 aromatic rings. The Morgan fingerprint density at radius 3 is 2.83 bits per heavy atom. The highest BCUT2D eigenvalue weighted by Gasteiger charge is 2.05. The number of thioether (sulfide) groups is 1. The van der Waals surface area contributed by atoms with E-state index in [1.165, 1.54) is 29.6 Å². The van der Waals surface area contributed by atoms with Gasteiger partial charge < -0.3 is 5.32 Å². The Kier molecular flexibility index (Phi) is 4.28. The van der Waals surface area contributed by atoms with Crippen LogP contribution in [0.25, 0.3) is 0 Å². The first kappa shape index (κ1) is 12.5. The monoisotopic (exact) mass is 276 g/mol. The zero-order valence-corrected chi connectivity index (χ0v) is 10.8. The second-order valence-corrected chi connectivity index (χ2v) is 5.24. The molecule has 0 atom stereocenters. The highest BCUT2D eigenvalue weighted by molar-refractivity contribution is 8.01. The number of nitriles is 1. The van der Waals surface area contributed by atoms with Gasteiger partial charge in [-0.3, -0.25) is 4.79 Å². The van der Waals surface area contributed by atoms with E-state index in [1.807, 2.05) is 6.07 Å². The third kappa shape index (κ3) is 3.55. The third-order valence-electron chi connectivity index (χ3n) is 1.97. The van der Waals surface area contributed by atoms with Crippen LogP contribution in [0.1, 0.15) is 5.56 Å². The molecule has 0 bridgehead atoms. The van der Waals surface area contributed by atoms with E-state index < -0.39 is 0 Å². The van der Waals surface area contributed by atoms with Gasteiger partial charge in [-0.2, -0.15) is 9.64 Å². The van der Waals surface area contributed by atoms with Crippen molar-refractivity contribution in [2.75, 3.05) is 11.1 Å². The van der Waals surface area contributed by atoms with Crippen LogP contribution in [-0.2, 0) is 4.79 Å². The van der Waals surface area contributed by atoms with E-state index in [2.05, 4.69) is 14.7 Å². The van der Waals surface area contributed by atoms with Gasteiger partial charge in [0.25, 0.3) is 0 Å². The molecular formula is C11H8N4OS2. The van der Waals surface area contributed by atoms with Crippen molar-refractivity contribution in [3.05, 3.63) is 36.2 Å². The topological polar surface area (TPSA) is 78.7 Å². The summed E-state index contributed by atoms with van der Waals surface area (Å²) >= 11 is 2.60. The fraction of sp³-hybridized carbons (Fsp3) is 0.0909. The Morgan fingerprint density at radius 2 is 2.22 bits per heavy atom. The molecule has 0 aliphatic carbocycles. The summed E-state index contributed by atoms with van der Waals surface area (Å²) in [6.45, 7) is 0. The normalized spacial score (nSPS) is 9.72. The average Bonchev–Trinajstić information content (AvgIpc) is 2.90.